The van der Waals surface area contributed by atoms with Crippen molar-refractivity contribution in [2.75, 3.05) is 6.26 Å². The molecule has 7 nitrogen and oxygen atoms in total. The molecule has 0 saturated carbocycles. The zero-order chi connectivity index (χ0) is 17.5. The van der Waals surface area contributed by atoms with Crippen molar-refractivity contribution >= 4 is 42.5 Å². The van der Waals surface area contributed by atoms with Crippen LogP contribution in [0.25, 0.3) is 10.9 Å². The molecule has 1 N–H and O–H groups in total. The molecule has 1 aromatic heterocycles. The summed E-state index contributed by atoms with van der Waals surface area (Å²) in [5, 5.41) is 7.20. The third kappa shape index (κ3) is 3.10. The highest BCUT2D eigenvalue weighted by atomic mass is 35.5. The second kappa shape index (κ2) is 5.76. The molecule has 24 heavy (non-hydrogen) atoms. The van der Waals surface area contributed by atoms with Crippen LogP contribution in [-0.2, 0) is 20.0 Å². The van der Waals surface area contributed by atoms with Crippen LogP contribution in [0.1, 0.15) is 0 Å². The lowest BCUT2D eigenvalue weighted by Crippen LogP contribution is -2.14. The van der Waals surface area contributed by atoms with Gasteiger partial charge in [0.2, 0.25) is 0 Å². The lowest BCUT2D eigenvalue weighted by atomic mass is 10.2. The quantitative estimate of drug-likeness (QED) is 0.690. The van der Waals surface area contributed by atoms with Crippen LogP contribution < -0.4 is 4.18 Å². The van der Waals surface area contributed by atoms with Gasteiger partial charge in [-0.1, -0.05) is 23.7 Å². The normalized spacial score (nSPS) is 12.4. The number of H-pyrrole nitrogens is 1. The average molecular weight is 387 g/mol. The van der Waals surface area contributed by atoms with Crippen molar-refractivity contribution in [3.05, 3.63) is 47.6 Å². The standard InChI is InChI=1S/C14H11ClN2O5S2/c1-23(18,19)12-4-2-3-5-13(12)24(20,21)22-9-6-7-11-10(8-9)14(15)17-16-11/h2-8H,1H3,(H,16,17). The summed E-state index contributed by atoms with van der Waals surface area (Å²) in [5.41, 5.74) is 0.543. The Morgan fingerprint density at radius 2 is 1.71 bits per heavy atom. The number of fused-ring (bicyclic) bond motifs is 1. The maximum absolute atomic E-state index is 12.5. The van der Waals surface area contributed by atoms with Gasteiger partial charge in [0.05, 0.1) is 10.4 Å². The molecule has 0 atom stereocenters. The van der Waals surface area contributed by atoms with Gasteiger partial charge < -0.3 is 4.18 Å². The molecule has 1 heterocycles. The molecule has 0 saturated heterocycles. The van der Waals surface area contributed by atoms with E-state index in [0.717, 1.165) is 6.26 Å². The van der Waals surface area contributed by atoms with Gasteiger partial charge in [0.1, 0.15) is 15.8 Å². The highest BCUT2D eigenvalue weighted by Crippen LogP contribution is 2.28. The maximum Gasteiger partial charge on any atom is 0.340 e. The number of hydrogen-bond acceptors (Lipinski definition) is 6. The molecule has 0 spiro atoms. The van der Waals surface area contributed by atoms with Crippen LogP contribution in [0.4, 0.5) is 0 Å². The zero-order valence-corrected chi connectivity index (χ0v) is 14.6. The molecule has 0 fully saturated rings. The summed E-state index contributed by atoms with van der Waals surface area (Å²) < 4.78 is 53.6. The fourth-order valence-corrected chi connectivity index (χ4v) is 4.86. The van der Waals surface area contributed by atoms with E-state index < -0.39 is 24.9 Å². The van der Waals surface area contributed by atoms with Crippen LogP contribution in [0.5, 0.6) is 5.75 Å². The van der Waals surface area contributed by atoms with Crippen LogP contribution in [0.3, 0.4) is 0 Å². The first-order valence-corrected chi connectivity index (χ1v) is 10.2. The van der Waals surface area contributed by atoms with Gasteiger partial charge in [-0.25, -0.2) is 8.42 Å². The monoisotopic (exact) mass is 386 g/mol. The van der Waals surface area contributed by atoms with E-state index in [4.69, 9.17) is 15.8 Å². The van der Waals surface area contributed by atoms with E-state index in [-0.39, 0.29) is 15.8 Å². The van der Waals surface area contributed by atoms with Gasteiger partial charge >= 0.3 is 10.1 Å². The highest BCUT2D eigenvalue weighted by Gasteiger charge is 2.25. The summed E-state index contributed by atoms with van der Waals surface area (Å²) in [6, 6.07) is 9.58. The summed E-state index contributed by atoms with van der Waals surface area (Å²) in [5.74, 6) is -0.00546. The Morgan fingerprint density at radius 3 is 2.38 bits per heavy atom. The van der Waals surface area contributed by atoms with Gasteiger partial charge in [-0.15, -0.1) is 0 Å². The molecular weight excluding hydrogens is 376 g/mol. The van der Waals surface area contributed by atoms with Crippen molar-refractivity contribution in [2.24, 2.45) is 0 Å². The fraction of sp³-hybridized carbons (Fsp3) is 0.0714. The van der Waals surface area contributed by atoms with E-state index in [2.05, 4.69) is 10.2 Å². The zero-order valence-electron chi connectivity index (χ0n) is 12.2. The van der Waals surface area contributed by atoms with E-state index in [9.17, 15) is 16.8 Å². The maximum atomic E-state index is 12.5. The fourth-order valence-electron chi connectivity index (χ4n) is 2.14. The predicted molar refractivity (Wildman–Crippen MR) is 88.5 cm³/mol. The van der Waals surface area contributed by atoms with E-state index >= 15 is 0 Å². The Labute approximate surface area is 143 Å². The minimum atomic E-state index is -4.34. The second-order valence-corrected chi connectivity index (χ2v) is 8.85. The molecule has 126 valence electrons. The summed E-state index contributed by atoms with van der Waals surface area (Å²) in [4.78, 5) is -0.752. The molecule has 2 aromatic carbocycles. The first-order chi connectivity index (χ1) is 11.2. The number of aromatic amines is 1. The van der Waals surface area contributed by atoms with E-state index in [1.54, 1.807) is 0 Å². The second-order valence-electron chi connectivity index (χ2n) is 4.97. The summed E-state index contributed by atoms with van der Waals surface area (Å²) in [6.07, 6.45) is 0.929. The van der Waals surface area contributed by atoms with Crippen LogP contribution in [0, 0.1) is 0 Å². The summed E-state index contributed by atoms with van der Waals surface area (Å²) >= 11 is 5.92. The number of benzene rings is 2. The Morgan fingerprint density at radius 1 is 1.04 bits per heavy atom. The lowest BCUT2D eigenvalue weighted by Gasteiger charge is -2.10. The van der Waals surface area contributed by atoms with E-state index in [1.165, 1.54) is 42.5 Å². The Balaban J connectivity index is 2.07. The summed E-state index contributed by atoms with van der Waals surface area (Å²) in [7, 11) is -8.08. The van der Waals surface area contributed by atoms with Gasteiger partial charge in [0.15, 0.2) is 9.84 Å². The van der Waals surface area contributed by atoms with Gasteiger partial charge in [-0.3, -0.25) is 5.10 Å². The number of nitrogens with zero attached hydrogens (tertiary/aromatic N) is 1. The molecule has 3 rings (SSSR count). The number of sulfone groups is 1. The van der Waals surface area contributed by atoms with Crippen LogP contribution in [0.15, 0.2) is 52.3 Å². The van der Waals surface area contributed by atoms with Gasteiger partial charge in [-0.05, 0) is 30.3 Å². The number of rotatable bonds is 4. The molecule has 3 aromatic rings. The average Bonchev–Trinajstić information content (AvgIpc) is 2.87. The van der Waals surface area contributed by atoms with Crippen LogP contribution in [0.2, 0.25) is 5.15 Å². The van der Waals surface area contributed by atoms with Crippen molar-refractivity contribution in [1.82, 2.24) is 10.2 Å². The SMILES string of the molecule is CS(=O)(=O)c1ccccc1S(=O)(=O)Oc1ccc2n[nH]c(Cl)c2c1. The third-order valence-electron chi connectivity index (χ3n) is 3.20. The van der Waals surface area contributed by atoms with E-state index in [0.29, 0.717) is 10.9 Å². The van der Waals surface area contributed by atoms with Gasteiger partial charge in [0.25, 0.3) is 0 Å². The molecule has 0 aliphatic heterocycles. The van der Waals surface area contributed by atoms with Crippen molar-refractivity contribution in [3.63, 3.8) is 0 Å². The molecule has 0 amide bonds. The topological polar surface area (TPSA) is 106 Å². The largest absolute Gasteiger partial charge is 0.379 e. The molecule has 0 radical (unpaired) electrons. The third-order valence-corrected chi connectivity index (χ3v) is 6.08. The summed E-state index contributed by atoms with van der Waals surface area (Å²) in [6.45, 7) is 0. The Bertz CT molecular complexity index is 1140. The minimum Gasteiger partial charge on any atom is -0.379 e. The highest BCUT2D eigenvalue weighted by molar-refractivity contribution is 7.92. The van der Waals surface area contributed by atoms with E-state index in [1.807, 2.05) is 0 Å². The van der Waals surface area contributed by atoms with Crippen molar-refractivity contribution < 1.29 is 21.0 Å². The smallest absolute Gasteiger partial charge is 0.340 e. The number of nitrogens with one attached hydrogen (secondary N) is 1. The Hall–Kier alpha value is -2.10. The Kier molecular flexibility index (Phi) is 4.02. The minimum absolute atomic E-state index is 0.00546. The number of aromatic nitrogens is 2. The molecule has 10 heteroatoms. The molecule has 0 aliphatic rings. The lowest BCUT2D eigenvalue weighted by molar-refractivity contribution is 0.483. The van der Waals surface area contributed by atoms with Crippen LogP contribution in [-0.4, -0.2) is 33.3 Å². The first kappa shape index (κ1) is 16.7. The predicted octanol–water partition coefficient (Wildman–Crippen LogP) is 2.39. The van der Waals surface area contributed by atoms with Gasteiger partial charge in [-0.2, -0.15) is 13.5 Å². The number of hydrogen-bond donors (Lipinski definition) is 1. The molecule has 0 aliphatic carbocycles. The molecule has 0 bridgehead atoms. The van der Waals surface area contributed by atoms with Crippen molar-refractivity contribution in [2.45, 2.75) is 9.79 Å². The van der Waals surface area contributed by atoms with Crippen LogP contribution >= 0.6 is 11.6 Å². The molecular formula is C14H11ClN2O5S2. The molecule has 0 unspecified atom stereocenters. The first-order valence-electron chi connectivity index (χ1n) is 6.56. The van der Waals surface area contributed by atoms with Gasteiger partial charge in [0, 0.05) is 11.6 Å². The van der Waals surface area contributed by atoms with Crippen molar-refractivity contribution in [3.8, 4) is 5.75 Å². The number of halogens is 1. The van der Waals surface area contributed by atoms with Crippen molar-refractivity contribution in [1.29, 1.82) is 0 Å².